The lowest BCUT2D eigenvalue weighted by molar-refractivity contribution is 0.693. The number of aromatic nitrogens is 4. The highest BCUT2D eigenvalue weighted by Gasteiger charge is 2.17. The van der Waals surface area contributed by atoms with Crippen molar-refractivity contribution in [2.45, 2.75) is 6.04 Å². The van der Waals surface area contributed by atoms with E-state index in [9.17, 15) is 0 Å². The predicted molar refractivity (Wildman–Crippen MR) is 73.6 cm³/mol. The molecule has 1 aromatic carbocycles. The molecule has 0 radical (unpaired) electrons. The standard InChI is InChI=1S/C14H15N5/c1-15-13(10-8-18-19(2)9-10)11-4-3-5-12-14(11)17-7-6-16-12/h3-9,13,15H,1-2H3. The minimum Gasteiger partial charge on any atom is -0.309 e. The Bertz CT molecular complexity index is 698. The lowest BCUT2D eigenvalue weighted by Crippen LogP contribution is -2.17. The number of fused-ring (bicyclic) bond motifs is 1. The minimum atomic E-state index is 0.0640. The predicted octanol–water partition coefficient (Wildman–Crippen LogP) is 1.67. The zero-order valence-corrected chi connectivity index (χ0v) is 10.9. The van der Waals surface area contributed by atoms with Gasteiger partial charge in [0.05, 0.1) is 23.3 Å². The molecule has 0 aliphatic heterocycles. The SMILES string of the molecule is CNC(c1cnn(C)c1)c1cccc2nccnc12. The lowest BCUT2D eigenvalue weighted by Gasteiger charge is -2.16. The molecule has 0 bridgehead atoms. The maximum atomic E-state index is 4.45. The van der Waals surface area contributed by atoms with Crippen LogP contribution in [0.2, 0.25) is 0 Å². The third kappa shape index (κ3) is 2.08. The highest BCUT2D eigenvalue weighted by molar-refractivity contribution is 5.78. The van der Waals surface area contributed by atoms with Crippen molar-refractivity contribution in [2.24, 2.45) is 7.05 Å². The third-order valence-electron chi connectivity index (χ3n) is 3.19. The summed E-state index contributed by atoms with van der Waals surface area (Å²) in [6.45, 7) is 0. The molecule has 96 valence electrons. The Balaban J connectivity index is 2.16. The van der Waals surface area contributed by atoms with E-state index in [4.69, 9.17) is 0 Å². The summed E-state index contributed by atoms with van der Waals surface area (Å²) in [5.74, 6) is 0. The van der Waals surface area contributed by atoms with Gasteiger partial charge in [0, 0.05) is 36.8 Å². The number of aryl methyl sites for hydroxylation is 1. The summed E-state index contributed by atoms with van der Waals surface area (Å²) in [7, 11) is 3.85. The Morgan fingerprint density at radius 2 is 2.05 bits per heavy atom. The number of hydrogen-bond acceptors (Lipinski definition) is 4. The zero-order chi connectivity index (χ0) is 13.2. The first-order chi connectivity index (χ1) is 9.29. The van der Waals surface area contributed by atoms with Crippen LogP contribution in [0.25, 0.3) is 11.0 Å². The summed E-state index contributed by atoms with van der Waals surface area (Å²) >= 11 is 0. The van der Waals surface area contributed by atoms with Crippen molar-refractivity contribution in [1.29, 1.82) is 0 Å². The Morgan fingerprint density at radius 3 is 2.79 bits per heavy atom. The molecule has 3 rings (SSSR count). The van der Waals surface area contributed by atoms with Crippen molar-refractivity contribution in [1.82, 2.24) is 25.1 Å². The number of nitrogens with zero attached hydrogens (tertiary/aromatic N) is 4. The van der Waals surface area contributed by atoms with Gasteiger partial charge in [-0.2, -0.15) is 5.10 Å². The molecule has 2 heterocycles. The zero-order valence-electron chi connectivity index (χ0n) is 10.9. The van der Waals surface area contributed by atoms with Gasteiger partial charge in [-0.3, -0.25) is 14.6 Å². The van der Waals surface area contributed by atoms with Crippen LogP contribution < -0.4 is 5.32 Å². The topological polar surface area (TPSA) is 55.6 Å². The second-order valence-corrected chi connectivity index (χ2v) is 4.44. The molecule has 0 amide bonds. The number of para-hydroxylation sites is 1. The molecule has 1 unspecified atom stereocenters. The minimum absolute atomic E-state index is 0.0640. The number of benzene rings is 1. The largest absolute Gasteiger partial charge is 0.309 e. The molecule has 2 aromatic heterocycles. The smallest absolute Gasteiger partial charge is 0.0937 e. The normalized spacial score (nSPS) is 12.7. The van der Waals surface area contributed by atoms with Crippen LogP contribution in [0.5, 0.6) is 0 Å². The van der Waals surface area contributed by atoms with Crippen LogP contribution in [0.4, 0.5) is 0 Å². The molecule has 0 aliphatic carbocycles. The van der Waals surface area contributed by atoms with E-state index in [2.05, 4.69) is 26.4 Å². The van der Waals surface area contributed by atoms with E-state index in [-0.39, 0.29) is 6.04 Å². The summed E-state index contributed by atoms with van der Waals surface area (Å²) in [6, 6.07) is 6.12. The van der Waals surface area contributed by atoms with Crippen LogP contribution in [-0.4, -0.2) is 26.8 Å². The second kappa shape index (κ2) is 4.78. The van der Waals surface area contributed by atoms with Crippen LogP contribution in [0.3, 0.4) is 0 Å². The van der Waals surface area contributed by atoms with E-state index >= 15 is 0 Å². The Kier molecular flexibility index (Phi) is 2.97. The Hall–Kier alpha value is -2.27. The maximum absolute atomic E-state index is 4.45. The van der Waals surface area contributed by atoms with E-state index in [1.54, 1.807) is 17.1 Å². The second-order valence-electron chi connectivity index (χ2n) is 4.44. The van der Waals surface area contributed by atoms with E-state index in [0.717, 1.165) is 22.2 Å². The van der Waals surface area contributed by atoms with Gasteiger partial charge in [-0.25, -0.2) is 0 Å². The molecule has 0 aliphatic rings. The van der Waals surface area contributed by atoms with Crippen molar-refractivity contribution in [3.8, 4) is 0 Å². The summed E-state index contributed by atoms with van der Waals surface area (Å²) in [6.07, 6.45) is 7.32. The average Bonchev–Trinajstić information content (AvgIpc) is 2.86. The van der Waals surface area contributed by atoms with Gasteiger partial charge in [-0.15, -0.1) is 0 Å². The summed E-state index contributed by atoms with van der Waals surface area (Å²) < 4.78 is 1.80. The fraction of sp³-hybridized carbons (Fsp3) is 0.214. The Morgan fingerprint density at radius 1 is 1.21 bits per heavy atom. The highest BCUT2D eigenvalue weighted by Crippen LogP contribution is 2.26. The number of nitrogens with one attached hydrogen (secondary N) is 1. The first kappa shape index (κ1) is 11.8. The molecule has 1 N–H and O–H groups in total. The molecule has 0 saturated carbocycles. The molecule has 5 nitrogen and oxygen atoms in total. The first-order valence-electron chi connectivity index (χ1n) is 6.15. The van der Waals surface area contributed by atoms with Gasteiger partial charge >= 0.3 is 0 Å². The van der Waals surface area contributed by atoms with Crippen LogP contribution in [0.15, 0.2) is 43.0 Å². The molecular weight excluding hydrogens is 238 g/mol. The molecule has 3 aromatic rings. The fourth-order valence-electron chi connectivity index (χ4n) is 2.34. The summed E-state index contributed by atoms with van der Waals surface area (Å²) in [4.78, 5) is 8.80. The van der Waals surface area contributed by atoms with Gasteiger partial charge in [-0.05, 0) is 13.1 Å². The quantitative estimate of drug-likeness (QED) is 0.771. The maximum Gasteiger partial charge on any atom is 0.0937 e. The van der Waals surface area contributed by atoms with Crippen molar-refractivity contribution < 1.29 is 0 Å². The third-order valence-corrected chi connectivity index (χ3v) is 3.19. The van der Waals surface area contributed by atoms with Crippen LogP contribution in [-0.2, 0) is 7.05 Å². The molecule has 0 fully saturated rings. The van der Waals surface area contributed by atoms with Gasteiger partial charge in [0.15, 0.2) is 0 Å². The number of hydrogen-bond donors (Lipinski definition) is 1. The average molecular weight is 253 g/mol. The summed E-state index contributed by atoms with van der Waals surface area (Å²) in [5.41, 5.74) is 4.06. The van der Waals surface area contributed by atoms with Crippen LogP contribution >= 0.6 is 0 Å². The lowest BCUT2D eigenvalue weighted by atomic mass is 10.00. The molecule has 19 heavy (non-hydrogen) atoms. The van der Waals surface area contributed by atoms with E-state index in [1.807, 2.05) is 38.6 Å². The van der Waals surface area contributed by atoms with Crippen molar-refractivity contribution >= 4 is 11.0 Å². The molecule has 0 spiro atoms. The van der Waals surface area contributed by atoms with E-state index in [1.165, 1.54) is 0 Å². The van der Waals surface area contributed by atoms with Gasteiger partial charge in [0.1, 0.15) is 0 Å². The van der Waals surface area contributed by atoms with E-state index < -0.39 is 0 Å². The summed E-state index contributed by atoms with van der Waals surface area (Å²) in [5, 5.41) is 7.55. The monoisotopic (exact) mass is 253 g/mol. The van der Waals surface area contributed by atoms with Crippen LogP contribution in [0.1, 0.15) is 17.2 Å². The number of rotatable bonds is 3. The Labute approximate surface area is 111 Å². The molecule has 5 heteroatoms. The fourth-order valence-corrected chi connectivity index (χ4v) is 2.34. The van der Waals surface area contributed by atoms with Gasteiger partial charge in [0.25, 0.3) is 0 Å². The van der Waals surface area contributed by atoms with Gasteiger partial charge < -0.3 is 5.32 Å². The van der Waals surface area contributed by atoms with Gasteiger partial charge in [0.2, 0.25) is 0 Å². The van der Waals surface area contributed by atoms with Crippen molar-refractivity contribution in [3.05, 3.63) is 54.1 Å². The molecule has 0 saturated heterocycles. The van der Waals surface area contributed by atoms with Crippen LogP contribution in [0, 0.1) is 0 Å². The van der Waals surface area contributed by atoms with Crippen molar-refractivity contribution in [3.63, 3.8) is 0 Å². The highest BCUT2D eigenvalue weighted by atomic mass is 15.2. The first-order valence-corrected chi connectivity index (χ1v) is 6.15. The van der Waals surface area contributed by atoms with Crippen molar-refractivity contribution in [2.75, 3.05) is 7.05 Å². The molecule has 1 atom stereocenters. The van der Waals surface area contributed by atoms with Gasteiger partial charge in [-0.1, -0.05) is 12.1 Å². The molecular formula is C14H15N5. The van der Waals surface area contributed by atoms with E-state index in [0.29, 0.717) is 0 Å².